The fourth-order valence-corrected chi connectivity index (χ4v) is 3.50. The summed E-state index contributed by atoms with van der Waals surface area (Å²) in [6.07, 6.45) is 0.601. The molecule has 0 heterocycles. The van der Waals surface area contributed by atoms with Gasteiger partial charge in [0, 0.05) is 12.1 Å². The van der Waals surface area contributed by atoms with Crippen molar-refractivity contribution in [3.63, 3.8) is 0 Å². The van der Waals surface area contributed by atoms with Crippen LogP contribution < -0.4 is 0 Å². The van der Waals surface area contributed by atoms with Crippen molar-refractivity contribution in [1.82, 2.24) is 9.80 Å². The third-order valence-corrected chi connectivity index (χ3v) is 4.24. The molecule has 0 saturated heterocycles. The van der Waals surface area contributed by atoms with Gasteiger partial charge in [0.15, 0.2) is 0 Å². The number of hydrogen-bond donors (Lipinski definition) is 4. The second-order valence-electron chi connectivity index (χ2n) is 5.88. The van der Waals surface area contributed by atoms with E-state index in [1.165, 1.54) is 0 Å². The van der Waals surface area contributed by atoms with Crippen molar-refractivity contribution in [2.45, 2.75) is 90.4 Å². The monoisotopic (exact) mass is 290 g/mol. The normalized spacial score (nSPS) is 30.3. The molecule has 6 heteroatoms. The summed E-state index contributed by atoms with van der Waals surface area (Å²) in [5.74, 6) is 0. The van der Waals surface area contributed by atoms with Crippen molar-refractivity contribution in [2.24, 2.45) is 0 Å². The highest BCUT2D eigenvalue weighted by Crippen LogP contribution is 2.29. The maximum absolute atomic E-state index is 9.76. The van der Waals surface area contributed by atoms with E-state index in [-0.39, 0.29) is 12.1 Å². The Hall–Kier alpha value is -0.240. The molecule has 1 saturated carbocycles. The van der Waals surface area contributed by atoms with Crippen LogP contribution in [-0.4, -0.2) is 67.2 Å². The van der Waals surface area contributed by atoms with Crippen molar-refractivity contribution < 1.29 is 20.4 Å². The molecule has 20 heavy (non-hydrogen) atoms. The van der Waals surface area contributed by atoms with E-state index in [9.17, 15) is 20.4 Å². The molecule has 4 N–H and O–H groups in total. The molecule has 1 aliphatic carbocycles. The van der Waals surface area contributed by atoms with Crippen molar-refractivity contribution in [3.8, 4) is 0 Å². The van der Waals surface area contributed by atoms with E-state index >= 15 is 0 Å². The van der Waals surface area contributed by atoms with Gasteiger partial charge in [0.25, 0.3) is 0 Å². The zero-order chi connectivity index (χ0) is 15.4. The molecular formula is C14H30N2O4. The van der Waals surface area contributed by atoms with Gasteiger partial charge in [-0.1, -0.05) is 0 Å². The summed E-state index contributed by atoms with van der Waals surface area (Å²) in [4.78, 5) is 3.43. The van der Waals surface area contributed by atoms with E-state index in [1.807, 2.05) is 0 Å². The Kier molecular flexibility index (Phi) is 6.84. The van der Waals surface area contributed by atoms with Gasteiger partial charge >= 0.3 is 0 Å². The lowest BCUT2D eigenvalue weighted by Crippen LogP contribution is -2.53. The summed E-state index contributed by atoms with van der Waals surface area (Å²) < 4.78 is 0. The highest BCUT2D eigenvalue weighted by molar-refractivity contribution is 4.85. The minimum Gasteiger partial charge on any atom is -0.379 e. The first-order chi connectivity index (χ1) is 9.25. The van der Waals surface area contributed by atoms with E-state index in [0.717, 1.165) is 25.7 Å². The van der Waals surface area contributed by atoms with Crippen LogP contribution in [0.1, 0.15) is 53.4 Å². The summed E-state index contributed by atoms with van der Waals surface area (Å²) >= 11 is 0. The first-order valence-electron chi connectivity index (χ1n) is 7.52. The first kappa shape index (κ1) is 17.8. The summed E-state index contributed by atoms with van der Waals surface area (Å²) in [5.41, 5.74) is 0. The maximum atomic E-state index is 9.76. The Labute approximate surface area is 121 Å². The van der Waals surface area contributed by atoms with E-state index in [1.54, 1.807) is 37.5 Å². The van der Waals surface area contributed by atoms with E-state index in [0.29, 0.717) is 0 Å². The fourth-order valence-electron chi connectivity index (χ4n) is 3.50. The van der Waals surface area contributed by atoms with Crippen LogP contribution in [0.25, 0.3) is 0 Å². The molecule has 0 amide bonds. The SMILES string of the molecule is CC(O)N(C(C)O)C1CCC(N(C(C)O)C(C)O)CC1. The predicted molar refractivity (Wildman–Crippen MR) is 76.4 cm³/mol. The Bertz CT molecular complexity index is 232. The van der Waals surface area contributed by atoms with Gasteiger partial charge in [0.05, 0.1) is 0 Å². The fraction of sp³-hybridized carbons (Fsp3) is 1.00. The molecule has 4 atom stereocenters. The number of aliphatic hydroxyl groups is 4. The summed E-state index contributed by atoms with van der Waals surface area (Å²) in [7, 11) is 0. The molecule has 0 aromatic carbocycles. The molecule has 0 radical (unpaired) electrons. The average Bonchev–Trinajstić information content (AvgIpc) is 2.29. The predicted octanol–water partition coefficient (Wildman–Crippen LogP) is 0.255. The molecule has 1 fully saturated rings. The van der Waals surface area contributed by atoms with Gasteiger partial charge in [0.2, 0.25) is 0 Å². The Morgan fingerprint density at radius 3 is 0.950 bits per heavy atom. The third kappa shape index (κ3) is 4.38. The van der Waals surface area contributed by atoms with Gasteiger partial charge in [0.1, 0.15) is 24.9 Å². The van der Waals surface area contributed by atoms with Crippen LogP contribution >= 0.6 is 0 Å². The Morgan fingerprint density at radius 1 is 0.600 bits per heavy atom. The molecule has 0 aromatic heterocycles. The summed E-state index contributed by atoms with van der Waals surface area (Å²) in [5, 5.41) is 39.0. The lowest BCUT2D eigenvalue weighted by molar-refractivity contribution is -0.139. The number of nitrogens with zero attached hydrogens (tertiary/aromatic N) is 2. The van der Waals surface area contributed by atoms with Gasteiger partial charge in [-0.25, -0.2) is 0 Å². The van der Waals surface area contributed by atoms with Crippen molar-refractivity contribution >= 4 is 0 Å². The molecule has 0 aromatic rings. The third-order valence-electron chi connectivity index (χ3n) is 4.24. The van der Waals surface area contributed by atoms with Crippen molar-refractivity contribution in [1.29, 1.82) is 0 Å². The Morgan fingerprint density at radius 2 is 0.800 bits per heavy atom. The highest BCUT2D eigenvalue weighted by Gasteiger charge is 2.34. The molecular weight excluding hydrogens is 260 g/mol. The quantitative estimate of drug-likeness (QED) is 0.525. The summed E-state index contributed by atoms with van der Waals surface area (Å²) in [6, 6.07) is 0.271. The smallest absolute Gasteiger partial charge is 0.106 e. The van der Waals surface area contributed by atoms with Crippen molar-refractivity contribution in [2.75, 3.05) is 0 Å². The Balaban J connectivity index is 2.62. The number of aliphatic hydroxyl groups excluding tert-OH is 4. The van der Waals surface area contributed by atoms with Crippen molar-refractivity contribution in [3.05, 3.63) is 0 Å². The van der Waals surface area contributed by atoms with Crippen LogP contribution in [0, 0.1) is 0 Å². The average molecular weight is 290 g/mol. The highest BCUT2D eigenvalue weighted by atomic mass is 16.3. The van der Waals surface area contributed by atoms with Gasteiger partial charge in [-0.2, -0.15) is 0 Å². The van der Waals surface area contributed by atoms with E-state index < -0.39 is 24.9 Å². The summed E-state index contributed by atoms with van der Waals surface area (Å²) in [6.45, 7) is 6.65. The molecule has 0 bridgehead atoms. The van der Waals surface area contributed by atoms with Gasteiger partial charge in [-0.15, -0.1) is 0 Å². The van der Waals surface area contributed by atoms with Gasteiger partial charge in [-0.05, 0) is 53.4 Å². The molecule has 0 aliphatic heterocycles. The molecule has 1 rings (SSSR count). The standard InChI is InChI=1S/C14H30N2O4/c1-9(17)15(10(2)18)13-5-7-14(8-6-13)16(11(3)19)12(4)20/h9-14,17-20H,5-8H2,1-4H3. The largest absolute Gasteiger partial charge is 0.379 e. The van der Waals surface area contributed by atoms with E-state index in [4.69, 9.17) is 0 Å². The van der Waals surface area contributed by atoms with Crippen LogP contribution in [0.4, 0.5) is 0 Å². The molecule has 6 nitrogen and oxygen atoms in total. The van der Waals surface area contributed by atoms with Crippen LogP contribution in [-0.2, 0) is 0 Å². The van der Waals surface area contributed by atoms with Crippen LogP contribution in [0.3, 0.4) is 0 Å². The molecule has 0 spiro atoms. The second kappa shape index (κ2) is 7.68. The zero-order valence-corrected chi connectivity index (χ0v) is 13.0. The lowest BCUT2D eigenvalue weighted by Gasteiger charge is -2.44. The maximum Gasteiger partial charge on any atom is 0.106 e. The minimum absolute atomic E-state index is 0.135. The topological polar surface area (TPSA) is 87.4 Å². The second-order valence-corrected chi connectivity index (χ2v) is 5.88. The number of rotatable bonds is 6. The number of hydrogen-bond acceptors (Lipinski definition) is 6. The van der Waals surface area contributed by atoms with Crippen LogP contribution in [0.15, 0.2) is 0 Å². The minimum atomic E-state index is -0.679. The first-order valence-corrected chi connectivity index (χ1v) is 7.52. The van der Waals surface area contributed by atoms with E-state index in [2.05, 4.69) is 0 Å². The van der Waals surface area contributed by atoms with Gasteiger partial charge in [-0.3, -0.25) is 9.80 Å². The lowest BCUT2D eigenvalue weighted by atomic mass is 9.88. The van der Waals surface area contributed by atoms with Crippen LogP contribution in [0.2, 0.25) is 0 Å². The molecule has 4 unspecified atom stereocenters. The van der Waals surface area contributed by atoms with Crippen LogP contribution in [0.5, 0.6) is 0 Å². The molecule has 120 valence electrons. The van der Waals surface area contributed by atoms with Gasteiger partial charge < -0.3 is 20.4 Å². The zero-order valence-electron chi connectivity index (χ0n) is 13.0. The molecule has 1 aliphatic rings.